The molecule has 6 N–H and O–H groups in total. The van der Waals surface area contributed by atoms with Crippen LogP contribution in [-0.4, -0.2) is 53.8 Å². The van der Waals surface area contributed by atoms with Gasteiger partial charge >= 0.3 is 0 Å². The summed E-state index contributed by atoms with van der Waals surface area (Å²) in [6.45, 7) is 2.73. The number of likely N-dealkylation sites (tertiary alicyclic amines) is 1. The Morgan fingerprint density at radius 1 is 1.26 bits per heavy atom. The molecule has 0 bridgehead atoms. The van der Waals surface area contributed by atoms with Gasteiger partial charge in [-0.25, -0.2) is 0 Å². The van der Waals surface area contributed by atoms with Crippen molar-refractivity contribution in [3.8, 4) is 0 Å². The summed E-state index contributed by atoms with van der Waals surface area (Å²) < 4.78 is 0. The van der Waals surface area contributed by atoms with E-state index in [9.17, 15) is 14.4 Å². The molecule has 1 heterocycles. The highest BCUT2D eigenvalue weighted by Gasteiger charge is 2.36. The van der Waals surface area contributed by atoms with Crippen LogP contribution in [0.3, 0.4) is 0 Å². The van der Waals surface area contributed by atoms with E-state index in [0.29, 0.717) is 25.9 Å². The summed E-state index contributed by atoms with van der Waals surface area (Å²) in [5, 5.41) is 5.58. The average molecular weight is 375 g/mol. The van der Waals surface area contributed by atoms with Crippen molar-refractivity contribution in [3.63, 3.8) is 0 Å². The predicted molar refractivity (Wildman–Crippen MR) is 102 cm³/mol. The fraction of sp³-hybridized carbons (Fsp3) is 0.526. The second-order valence-electron chi connectivity index (χ2n) is 6.82. The van der Waals surface area contributed by atoms with Crippen molar-refractivity contribution in [1.29, 1.82) is 0 Å². The summed E-state index contributed by atoms with van der Waals surface area (Å²) in [6, 6.07) is 7.52. The fourth-order valence-corrected chi connectivity index (χ4v) is 3.18. The largest absolute Gasteiger partial charge is 0.350 e. The molecule has 8 nitrogen and oxygen atoms in total. The first-order valence-corrected chi connectivity index (χ1v) is 9.32. The van der Waals surface area contributed by atoms with E-state index in [1.807, 2.05) is 30.3 Å². The van der Waals surface area contributed by atoms with Crippen LogP contribution in [0.15, 0.2) is 30.3 Å². The van der Waals surface area contributed by atoms with E-state index in [1.54, 1.807) is 6.92 Å². The molecule has 2 rings (SSSR count). The second-order valence-corrected chi connectivity index (χ2v) is 6.82. The standard InChI is InChI=1S/C19H29N5O3/c1-13(21)19(27)24-11-5-8-16(24)18(26)23-15(9-10-20)17(25)22-12-14-6-3-2-4-7-14/h2-4,6-7,13,15-16H,5,8-12,20-21H2,1H3,(H,22,25)(H,23,26)/t13-,15-,16-/m0/s1. The van der Waals surface area contributed by atoms with Gasteiger partial charge in [-0.15, -0.1) is 0 Å². The molecule has 0 saturated carbocycles. The van der Waals surface area contributed by atoms with Crippen molar-refractivity contribution < 1.29 is 14.4 Å². The van der Waals surface area contributed by atoms with Crippen LogP contribution in [0.5, 0.6) is 0 Å². The van der Waals surface area contributed by atoms with Gasteiger partial charge in [0.15, 0.2) is 0 Å². The van der Waals surface area contributed by atoms with Crippen molar-refractivity contribution in [3.05, 3.63) is 35.9 Å². The number of rotatable bonds is 8. The van der Waals surface area contributed by atoms with E-state index in [0.717, 1.165) is 12.0 Å². The third kappa shape index (κ3) is 5.77. The van der Waals surface area contributed by atoms with Crippen molar-refractivity contribution in [2.24, 2.45) is 11.5 Å². The minimum absolute atomic E-state index is 0.253. The maximum Gasteiger partial charge on any atom is 0.243 e. The Kier molecular flexibility index (Phi) is 7.75. The molecule has 0 radical (unpaired) electrons. The van der Waals surface area contributed by atoms with Crippen LogP contribution in [0.2, 0.25) is 0 Å². The summed E-state index contributed by atoms with van der Waals surface area (Å²) in [5.74, 6) is -0.882. The van der Waals surface area contributed by atoms with Crippen molar-refractivity contribution in [1.82, 2.24) is 15.5 Å². The Hall–Kier alpha value is -2.45. The van der Waals surface area contributed by atoms with Gasteiger partial charge in [0.2, 0.25) is 17.7 Å². The molecular weight excluding hydrogens is 346 g/mol. The highest BCUT2D eigenvalue weighted by Crippen LogP contribution is 2.18. The average Bonchev–Trinajstić information content (AvgIpc) is 3.15. The lowest BCUT2D eigenvalue weighted by molar-refractivity contribution is -0.140. The first-order chi connectivity index (χ1) is 12.9. The van der Waals surface area contributed by atoms with E-state index in [-0.39, 0.29) is 24.3 Å². The van der Waals surface area contributed by atoms with Crippen LogP contribution in [0, 0.1) is 0 Å². The maximum atomic E-state index is 12.7. The minimum Gasteiger partial charge on any atom is -0.350 e. The number of hydrogen-bond donors (Lipinski definition) is 4. The Morgan fingerprint density at radius 2 is 1.96 bits per heavy atom. The third-order valence-corrected chi connectivity index (χ3v) is 4.63. The summed E-state index contributed by atoms with van der Waals surface area (Å²) >= 11 is 0. The molecule has 0 aromatic heterocycles. The van der Waals surface area contributed by atoms with Gasteiger partial charge in [0, 0.05) is 13.1 Å². The van der Waals surface area contributed by atoms with Crippen LogP contribution in [-0.2, 0) is 20.9 Å². The number of amides is 3. The van der Waals surface area contributed by atoms with Gasteiger partial charge in [0.05, 0.1) is 6.04 Å². The number of carbonyl (C=O) groups is 3. The Morgan fingerprint density at radius 3 is 2.59 bits per heavy atom. The lowest BCUT2D eigenvalue weighted by Gasteiger charge is -2.27. The monoisotopic (exact) mass is 375 g/mol. The van der Waals surface area contributed by atoms with Gasteiger partial charge in [-0.1, -0.05) is 30.3 Å². The number of nitrogens with zero attached hydrogens (tertiary/aromatic N) is 1. The number of nitrogens with two attached hydrogens (primary N) is 2. The molecule has 1 fully saturated rings. The number of hydrogen-bond acceptors (Lipinski definition) is 5. The third-order valence-electron chi connectivity index (χ3n) is 4.63. The minimum atomic E-state index is -0.737. The van der Waals surface area contributed by atoms with Gasteiger partial charge in [0.25, 0.3) is 0 Å². The summed E-state index contributed by atoms with van der Waals surface area (Å²) in [5.41, 5.74) is 12.2. The topological polar surface area (TPSA) is 131 Å². The van der Waals surface area contributed by atoms with E-state index >= 15 is 0 Å². The highest BCUT2D eigenvalue weighted by molar-refractivity contribution is 5.93. The molecule has 0 aliphatic carbocycles. The zero-order valence-electron chi connectivity index (χ0n) is 15.7. The van der Waals surface area contributed by atoms with Gasteiger partial charge in [-0.3, -0.25) is 14.4 Å². The highest BCUT2D eigenvalue weighted by atomic mass is 16.2. The van der Waals surface area contributed by atoms with Crippen LogP contribution >= 0.6 is 0 Å². The molecule has 3 amide bonds. The van der Waals surface area contributed by atoms with Gasteiger partial charge in [-0.05, 0) is 38.3 Å². The molecular formula is C19H29N5O3. The molecule has 0 unspecified atom stereocenters. The first-order valence-electron chi connectivity index (χ1n) is 9.32. The first kappa shape index (κ1) is 20.9. The fourth-order valence-electron chi connectivity index (χ4n) is 3.18. The summed E-state index contributed by atoms with van der Waals surface area (Å²) in [4.78, 5) is 38.9. The lowest BCUT2D eigenvalue weighted by Crippen LogP contribution is -2.55. The molecule has 8 heteroatoms. The van der Waals surface area contributed by atoms with E-state index in [4.69, 9.17) is 11.5 Å². The normalized spacial score (nSPS) is 18.6. The van der Waals surface area contributed by atoms with Gasteiger partial charge < -0.3 is 27.0 Å². The predicted octanol–water partition coefficient (Wildman–Crippen LogP) is -0.525. The van der Waals surface area contributed by atoms with E-state index in [1.165, 1.54) is 4.90 Å². The molecule has 1 saturated heterocycles. The van der Waals surface area contributed by atoms with Crippen molar-refractivity contribution in [2.45, 2.75) is 50.9 Å². The maximum absolute atomic E-state index is 12.7. The number of carbonyl (C=O) groups excluding carboxylic acids is 3. The van der Waals surface area contributed by atoms with Crippen LogP contribution < -0.4 is 22.1 Å². The smallest absolute Gasteiger partial charge is 0.243 e. The molecule has 3 atom stereocenters. The van der Waals surface area contributed by atoms with E-state index < -0.39 is 18.1 Å². The molecule has 148 valence electrons. The van der Waals surface area contributed by atoms with Crippen LogP contribution in [0.4, 0.5) is 0 Å². The molecule has 1 aromatic carbocycles. The zero-order valence-corrected chi connectivity index (χ0v) is 15.7. The second kappa shape index (κ2) is 10.0. The van der Waals surface area contributed by atoms with Crippen molar-refractivity contribution in [2.75, 3.05) is 13.1 Å². The van der Waals surface area contributed by atoms with Crippen LogP contribution in [0.25, 0.3) is 0 Å². The molecule has 0 spiro atoms. The van der Waals surface area contributed by atoms with Crippen molar-refractivity contribution >= 4 is 17.7 Å². The van der Waals surface area contributed by atoms with Gasteiger partial charge in [-0.2, -0.15) is 0 Å². The van der Waals surface area contributed by atoms with Crippen LogP contribution in [0.1, 0.15) is 31.7 Å². The summed E-state index contributed by atoms with van der Waals surface area (Å²) in [7, 11) is 0. The number of nitrogens with one attached hydrogen (secondary N) is 2. The molecule has 1 aliphatic rings. The van der Waals surface area contributed by atoms with E-state index in [2.05, 4.69) is 10.6 Å². The Balaban J connectivity index is 1.96. The molecule has 1 aliphatic heterocycles. The SMILES string of the molecule is C[C@H](N)C(=O)N1CCC[C@H]1C(=O)N[C@@H](CCN)C(=O)NCc1ccccc1. The quantitative estimate of drug-likeness (QED) is 0.485. The Bertz CT molecular complexity index is 650. The summed E-state index contributed by atoms with van der Waals surface area (Å²) in [6.07, 6.45) is 1.61. The molecule has 27 heavy (non-hydrogen) atoms. The zero-order chi connectivity index (χ0) is 19.8. The molecule has 1 aromatic rings. The number of benzene rings is 1. The van der Waals surface area contributed by atoms with Gasteiger partial charge in [0.1, 0.15) is 12.1 Å². The lowest BCUT2D eigenvalue weighted by atomic mass is 10.1. The Labute approximate surface area is 159 Å².